The molecule has 0 fully saturated rings. The number of carbonyl (C=O) groups is 1. The number of nitrogens with one attached hydrogen (secondary N) is 1. The molecule has 104 valence electrons. The van der Waals surface area contributed by atoms with E-state index in [1.165, 1.54) is 11.1 Å². The zero-order chi connectivity index (χ0) is 14.4. The van der Waals surface area contributed by atoms with E-state index in [1.54, 1.807) is 0 Å². The molecule has 2 rings (SSSR count). The second-order valence-electron chi connectivity index (χ2n) is 4.89. The molecule has 0 aliphatic rings. The van der Waals surface area contributed by atoms with Gasteiger partial charge in [0.05, 0.1) is 0 Å². The lowest BCUT2D eigenvalue weighted by atomic mass is 10.0. The number of anilines is 1. The largest absolute Gasteiger partial charge is 0.326 e. The quantitative estimate of drug-likeness (QED) is 0.819. The number of benzene rings is 2. The van der Waals surface area contributed by atoms with E-state index >= 15 is 0 Å². The van der Waals surface area contributed by atoms with Crippen LogP contribution in [-0.4, -0.2) is 11.3 Å². The Balaban J connectivity index is 1.94. The Morgan fingerprint density at radius 2 is 1.65 bits per heavy atom. The fourth-order valence-electron chi connectivity index (χ4n) is 2.00. The van der Waals surface area contributed by atoms with Crippen molar-refractivity contribution in [3.63, 3.8) is 0 Å². The van der Waals surface area contributed by atoms with Crippen LogP contribution in [-0.2, 0) is 11.2 Å². The molecule has 0 spiro atoms. The van der Waals surface area contributed by atoms with E-state index in [-0.39, 0.29) is 11.3 Å². The smallest absolute Gasteiger partial charge is 0.225 e. The van der Waals surface area contributed by atoms with Gasteiger partial charge in [-0.25, -0.2) is 0 Å². The van der Waals surface area contributed by atoms with Gasteiger partial charge in [-0.2, -0.15) is 0 Å². The van der Waals surface area contributed by atoms with Gasteiger partial charge in [0.1, 0.15) is 0 Å². The van der Waals surface area contributed by atoms with E-state index in [1.807, 2.05) is 49.4 Å². The number of rotatable bonds is 5. The summed E-state index contributed by atoms with van der Waals surface area (Å²) in [5.41, 5.74) is 3.31. The van der Waals surface area contributed by atoms with Gasteiger partial charge in [-0.05, 0) is 36.6 Å². The average Bonchev–Trinajstić information content (AvgIpc) is 2.41. The zero-order valence-electron chi connectivity index (χ0n) is 11.5. The van der Waals surface area contributed by atoms with Crippen molar-refractivity contribution in [3.8, 4) is 0 Å². The van der Waals surface area contributed by atoms with E-state index in [0.717, 1.165) is 12.1 Å². The van der Waals surface area contributed by atoms with Crippen molar-refractivity contribution in [2.75, 3.05) is 5.32 Å². The predicted molar refractivity (Wildman–Crippen MR) is 84.3 cm³/mol. The van der Waals surface area contributed by atoms with E-state index in [9.17, 15) is 4.79 Å². The lowest BCUT2D eigenvalue weighted by molar-refractivity contribution is -0.116. The molecule has 0 bridgehead atoms. The molecule has 0 heterocycles. The molecular weight excluding hydrogens is 270 g/mol. The first kappa shape index (κ1) is 14.6. The predicted octanol–water partition coefficient (Wildman–Crippen LogP) is 4.23. The molecule has 2 aromatic carbocycles. The van der Waals surface area contributed by atoms with Crippen LogP contribution in [0, 0.1) is 0 Å². The molecule has 0 saturated heterocycles. The van der Waals surface area contributed by atoms with Gasteiger partial charge in [0, 0.05) is 17.5 Å². The minimum Gasteiger partial charge on any atom is -0.326 e. The number of hydrogen-bond donors (Lipinski definition) is 1. The molecule has 1 unspecified atom stereocenters. The summed E-state index contributed by atoms with van der Waals surface area (Å²) in [6.07, 6.45) is 1.22. The number of halogens is 1. The second-order valence-corrected chi connectivity index (χ2v) is 5.64. The molecule has 3 heteroatoms. The van der Waals surface area contributed by atoms with Crippen LogP contribution < -0.4 is 5.32 Å². The summed E-state index contributed by atoms with van der Waals surface area (Å²) in [6.45, 7) is 1.81. The van der Waals surface area contributed by atoms with Crippen molar-refractivity contribution >= 4 is 23.2 Å². The molecule has 0 aliphatic carbocycles. The van der Waals surface area contributed by atoms with Crippen molar-refractivity contribution in [2.45, 2.75) is 25.1 Å². The van der Waals surface area contributed by atoms with Crippen molar-refractivity contribution in [1.29, 1.82) is 0 Å². The lowest BCUT2D eigenvalue weighted by Crippen LogP contribution is -2.14. The van der Waals surface area contributed by atoms with Gasteiger partial charge in [-0.1, -0.05) is 42.5 Å². The third kappa shape index (κ3) is 4.71. The maximum atomic E-state index is 11.6. The molecule has 0 aromatic heterocycles. The minimum atomic E-state index is -0.146. The Morgan fingerprint density at radius 3 is 2.25 bits per heavy atom. The van der Waals surface area contributed by atoms with Crippen LogP contribution in [0.5, 0.6) is 0 Å². The molecule has 0 aliphatic heterocycles. The van der Waals surface area contributed by atoms with Gasteiger partial charge in [0.25, 0.3) is 0 Å². The van der Waals surface area contributed by atoms with Crippen molar-refractivity contribution in [2.24, 2.45) is 0 Å². The maximum absolute atomic E-state index is 11.6. The van der Waals surface area contributed by atoms with Crippen LogP contribution in [0.25, 0.3) is 0 Å². The monoisotopic (exact) mass is 287 g/mol. The summed E-state index contributed by atoms with van der Waals surface area (Å²) in [5, 5.41) is 2.69. The van der Waals surface area contributed by atoms with E-state index < -0.39 is 0 Å². The first-order valence-electron chi connectivity index (χ1n) is 6.70. The Kier molecular flexibility index (Phi) is 5.19. The van der Waals surface area contributed by atoms with E-state index in [4.69, 9.17) is 11.6 Å². The number of alkyl halides is 1. The van der Waals surface area contributed by atoms with Crippen LogP contribution in [0.3, 0.4) is 0 Å². The standard InChI is InChI=1S/C17H18ClNO/c1-13(18)11-17(20)19-16-9-7-15(8-10-16)12-14-5-3-2-4-6-14/h2-10,13H,11-12H2,1H3,(H,19,20). The van der Waals surface area contributed by atoms with Gasteiger partial charge >= 0.3 is 0 Å². The van der Waals surface area contributed by atoms with Crippen LogP contribution in [0.1, 0.15) is 24.5 Å². The van der Waals surface area contributed by atoms with Gasteiger partial charge in [0.2, 0.25) is 5.91 Å². The topological polar surface area (TPSA) is 29.1 Å². The second kappa shape index (κ2) is 7.11. The van der Waals surface area contributed by atoms with Crippen LogP contribution in [0.15, 0.2) is 54.6 Å². The Hall–Kier alpha value is -1.80. The summed E-state index contributed by atoms with van der Waals surface area (Å²) in [6, 6.07) is 18.2. The van der Waals surface area contributed by atoms with Crippen molar-refractivity contribution < 1.29 is 4.79 Å². The van der Waals surface area contributed by atoms with Crippen LogP contribution in [0.2, 0.25) is 0 Å². The van der Waals surface area contributed by atoms with Gasteiger partial charge in [-0.3, -0.25) is 4.79 Å². The highest BCUT2D eigenvalue weighted by atomic mass is 35.5. The number of hydrogen-bond acceptors (Lipinski definition) is 1. The number of carbonyl (C=O) groups excluding carboxylic acids is 1. The van der Waals surface area contributed by atoms with Crippen LogP contribution in [0.4, 0.5) is 5.69 Å². The molecule has 0 radical (unpaired) electrons. The third-order valence-corrected chi connectivity index (χ3v) is 3.11. The van der Waals surface area contributed by atoms with Crippen molar-refractivity contribution in [1.82, 2.24) is 0 Å². The summed E-state index contributed by atoms with van der Waals surface area (Å²) in [7, 11) is 0. The molecule has 0 saturated carbocycles. The van der Waals surface area contributed by atoms with E-state index in [2.05, 4.69) is 17.4 Å². The maximum Gasteiger partial charge on any atom is 0.225 e. The molecular formula is C17H18ClNO. The molecule has 2 aromatic rings. The zero-order valence-corrected chi connectivity index (χ0v) is 12.2. The summed E-state index contributed by atoms with van der Waals surface area (Å²) in [4.78, 5) is 11.6. The lowest BCUT2D eigenvalue weighted by Gasteiger charge is -2.07. The fraction of sp³-hybridized carbons (Fsp3) is 0.235. The Labute approximate surface area is 124 Å². The molecule has 1 N–H and O–H groups in total. The normalized spacial score (nSPS) is 11.9. The minimum absolute atomic E-state index is 0.0525. The highest BCUT2D eigenvalue weighted by molar-refractivity contribution is 6.21. The molecule has 1 amide bonds. The van der Waals surface area contributed by atoms with Crippen LogP contribution >= 0.6 is 11.6 Å². The third-order valence-electron chi connectivity index (χ3n) is 2.96. The first-order valence-corrected chi connectivity index (χ1v) is 7.14. The summed E-state index contributed by atoms with van der Waals surface area (Å²) >= 11 is 5.79. The average molecular weight is 288 g/mol. The summed E-state index contributed by atoms with van der Waals surface area (Å²) in [5.74, 6) is -0.0525. The number of amides is 1. The molecule has 2 nitrogen and oxygen atoms in total. The SMILES string of the molecule is CC(Cl)CC(=O)Nc1ccc(Cc2ccccc2)cc1. The highest BCUT2D eigenvalue weighted by Crippen LogP contribution is 2.14. The van der Waals surface area contributed by atoms with E-state index in [0.29, 0.717) is 6.42 Å². The van der Waals surface area contributed by atoms with Crippen molar-refractivity contribution in [3.05, 3.63) is 65.7 Å². The van der Waals surface area contributed by atoms with Gasteiger partial charge in [-0.15, -0.1) is 11.6 Å². The fourth-order valence-corrected chi connectivity index (χ4v) is 2.15. The van der Waals surface area contributed by atoms with Gasteiger partial charge in [0.15, 0.2) is 0 Å². The van der Waals surface area contributed by atoms with Gasteiger partial charge < -0.3 is 5.32 Å². The first-order chi connectivity index (χ1) is 9.63. The highest BCUT2D eigenvalue weighted by Gasteiger charge is 2.06. The molecule has 20 heavy (non-hydrogen) atoms. The Morgan fingerprint density at radius 1 is 1.05 bits per heavy atom. The Bertz CT molecular complexity index is 549. The summed E-state index contributed by atoms with van der Waals surface area (Å²) < 4.78 is 0. The molecule has 1 atom stereocenters.